The maximum absolute atomic E-state index is 14.2. The molecule has 0 spiro atoms. The standard InChI is InChI=1S/C16H25FN2/c1-3-13-5-4-9-19(10-8-13)16-7-6-14(12(2)18)11-15(16)17/h6-7,11-13H,3-5,8-10,18H2,1-2H3. The molecule has 0 amide bonds. The van der Waals surface area contributed by atoms with Crippen molar-refractivity contribution >= 4 is 5.69 Å². The smallest absolute Gasteiger partial charge is 0.146 e. The topological polar surface area (TPSA) is 29.3 Å². The average Bonchev–Trinajstić information content (AvgIpc) is 2.63. The van der Waals surface area contributed by atoms with Crippen LogP contribution >= 0.6 is 0 Å². The minimum absolute atomic E-state index is 0.114. The summed E-state index contributed by atoms with van der Waals surface area (Å²) in [5.74, 6) is 0.668. The van der Waals surface area contributed by atoms with Crippen LogP contribution in [0.5, 0.6) is 0 Å². The molecule has 1 aliphatic heterocycles. The summed E-state index contributed by atoms with van der Waals surface area (Å²) in [5, 5.41) is 0. The van der Waals surface area contributed by atoms with Crippen LogP contribution in [0.4, 0.5) is 10.1 Å². The van der Waals surface area contributed by atoms with Crippen LogP contribution in [0, 0.1) is 11.7 Å². The molecule has 2 unspecified atom stereocenters. The number of nitrogens with two attached hydrogens (primary N) is 1. The Morgan fingerprint density at radius 2 is 2.16 bits per heavy atom. The third-order valence-electron chi connectivity index (χ3n) is 4.26. The molecule has 0 aromatic heterocycles. The van der Waals surface area contributed by atoms with Crippen LogP contribution in [0.2, 0.25) is 0 Å². The Hall–Kier alpha value is -1.09. The Morgan fingerprint density at radius 1 is 1.37 bits per heavy atom. The van der Waals surface area contributed by atoms with Crippen LogP contribution in [-0.2, 0) is 0 Å². The Morgan fingerprint density at radius 3 is 2.79 bits per heavy atom. The van der Waals surface area contributed by atoms with Crippen LogP contribution in [0.15, 0.2) is 18.2 Å². The summed E-state index contributed by atoms with van der Waals surface area (Å²) in [4.78, 5) is 2.19. The molecule has 0 aliphatic carbocycles. The van der Waals surface area contributed by atoms with Crippen molar-refractivity contribution in [3.05, 3.63) is 29.6 Å². The molecular formula is C16H25FN2. The van der Waals surface area contributed by atoms with Crippen molar-refractivity contribution in [2.75, 3.05) is 18.0 Å². The molecule has 0 saturated carbocycles. The van der Waals surface area contributed by atoms with Crippen molar-refractivity contribution < 1.29 is 4.39 Å². The number of halogens is 1. The fraction of sp³-hybridized carbons (Fsp3) is 0.625. The van der Waals surface area contributed by atoms with Gasteiger partial charge in [-0.25, -0.2) is 4.39 Å². The van der Waals surface area contributed by atoms with Crippen LogP contribution in [0.25, 0.3) is 0 Å². The molecule has 106 valence electrons. The van der Waals surface area contributed by atoms with Crippen molar-refractivity contribution in [1.82, 2.24) is 0 Å². The molecule has 1 aromatic rings. The maximum Gasteiger partial charge on any atom is 0.146 e. The minimum Gasteiger partial charge on any atom is -0.369 e. The van der Waals surface area contributed by atoms with Gasteiger partial charge < -0.3 is 10.6 Å². The van der Waals surface area contributed by atoms with E-state index >= 15 is 0 Å². The molecule has 1 heterocycles. The first kappa shape index (κ1) is 14.3. The lowest BCUT2D eigenvalue weighted by Crippen LogP contribution is -2.25. The third-order valence-corrected chi connectivity index (χ3v) is 4.26. The van der Waals surface area contributed by atoms with Gasteiger partial charge in [0.05, 0.1) is 5.69 Å². The van der Waals surface area contributed by atoms with Crippen LogP contribution in [0.3, 0.4) is 0 Å². The number of nitrogens with zero attached hydrogens (tertiary/aromatic N) is 1. The monoisotopic (exact) mass is 264 g/mol. The Bertz CT molecular complexity index is 417. The fourth-order valence-corrected chi connectivity index (χ4v) is 2.88. The molecule has 1 aliphatic rings. The van der Waals surface area contributed by atoms with Gasteiger partial charge in [0.15, 0.2) is 0 Å². The van der Waals surface area contributed by atoms with Gasteiger partial charge in [-0.05, 0) is 49.8 Å². The molecule has 2 atom stereocenters. The lowest BCUT2D eigenvalue weighted by atomic mass is 9.98. The Labute approximate surface area is 115 Å². The molecule has 0 radical (unpaired) electrons. The van der Waals surface area contributed by atoms with Gasteiger partial charge in [0.2, 0.25) is 0 Å². The van der Waals surface area contributed by atoms with E-state index in [2.05, 4.69) is 11.8 Å². The SMILES string of the molecule is CCC1CCCN(c2ccc(C(C)N)cc2F)CC1. The third kappa shape index (κ3) is 3.47. The largest absolute Gasteiger partial charge is 0.369 e. The first-order valence-electron chi connectivity index (χ1n) is 7.41. The van der Waals surface area contributed by atoms with Gasteiger partial charge in [-0.3, -0.25) is 0 Å². The molecule has 2 rings (SSSR count). The summed E-state index contributed by atoms with van der Waals surface area (Å²) in [6.07, 6.45) is 4.84. The zero-order chi connectivity index (χ0) is 13.8. The average molecular weight is 264 g/mol. The van der Waals surface area contributed by atoms with Gasteiger partial charge in [-0.15, -0.1) is 0 Å². The normalized spacial score (nSPS) is 22.1. The summed E-state index contributed by atoms with van der Waals surface area (Å²) in [6.45, 7) is 6.06. The number of hydrogen-bond donors (Lipinski definition) is 1. The Balaban J connectivity index is 2.13. The van der Waals surface area contributed by atoms with Crippen molar-refractivity contribution in [1.29, 1.82) is 0 Å². The molecule has 2 nitrogen and oxygen atoms in total. The van der Waals surface area contributed by atoms with Crippen molar-refractivity contribution in [3.63, 3.8) is 0 Å². The zero-order valence-electron chi connectivity index (χ0n) is 12.0. The van der Waals surface area contributed by atoms with Gasteiger partial charge in [0.1, 0.15) is 5.82 Å². The second kappa shape index (κ2) is 6.38. The predicted molar refractivity (Wildman–Crippen MR) is 78.8 cm³/mol. The fourth-order valence-electron chi connectivity index (χ4n) is 2.88. The van der Waals surface area contributed by atoms with E-state index in [1.807, 2.05) is 19.1 Å². The van der Waals surface area contributed by atoms with E-state index < -0.39 is 0 Å². The number of hydrogen-bond acceptors (Lipinski definition) is 2. The molecule has 1 saturated heterocycles. The number of rotatable bonds is 3. The second-order valence-corrected chi connectivity index (χ2v) is 5.69. The van der Waals surface area contributed by atoms with Gasteiger partial charge in [0.25, 0.3) is 0 Å². The van der Waals surface area contributed by atoms with E-state index in [1.165, 1.54) is 19.3 Å². The number of benzene rings is 1. The van der Waals surface area contributed by atoms with Crippen molar-refractivity contribution in [2.24, 2.45) is 11.7 Å². The molecule has 2 N–H and O–H groups in total. The molecule has 0 bridgehead atoms. The summed E-state index contributed by atoms with van der Waals surface area (Å²) in [6, 6.07) is 5.31. The summed E-state index contributed by atoms with van der Waals surface area (Å²) < 4.78 is 14.2. The quantitative estimate of drug-likeness (QED) is 0.898. The summed E-state index contributed by atoms with van der Waals surface area (Å²) >= 11 is 0. The van der Waals surface area contributed by atoms with E-state index in [1.54, 1.807) is 6.07 Å². The lowest BCUT2D eigenvalue weighted by Gasteiger charge is -2.24. The van der Waals surface area contributed by atoms with Gasteiger partial charge in [-0.2, -0.15) is 0 Å². The lowest BCUT2D eigenvalue weighted by molar-refractivity contribution is 0.459. The van der Waals surface area contributed by atoms with E-state index in [0.717, 1.165) is 36.7 Å². The highest BCUT2D eigenvalue weighted by molar-refractivity contribution is 5.49. The first-order valence-corrected chi connectivity index (χ1v) is 7.41. The van der Waals surface area contributed by atoms with E-state index in [-0.39, 0.29) is 11.9 Å². The van der Waals surface area contributed by atoms with E-state index in [0.29, 0.717) is 0 Å². The highest BCUT2D eigenvalue weighted by Crippen LogP contribution is 2.27. The molecule has 1 fully saturated rings. The molecule has 19 heavy (non-hydrogen) atoms. The Kier molecular flexibility index (Phi) is 4.81. The molecule has 3 heteroatoms. The van der Waals surface area contributed by atoms with Gasteiger partial charge in [0, 0.05) is 19.1 Å². The minimum atomic E-state index is -0.134. The van der Waals surface area contributed by atoms with E-state index in [9.17, 15) is 4.39 Å². The van der Waals surface area contributed by atoms with E-state index in [4.69, 9.17) is 5.73 Å². The first-order chi connectivity index (χ1) is 9.11. The van der Waals surface area contributed by atoms with Gasteiger partial charge >= 0.3 is 0 Å². The predicted octanol–water partition coefficient (Wildman–Crippen LogP) is 3.86. The van der Waals surface area contributed by atoms with Crippen LogP contribution in [0.1, 0.15) is 51.1 Å². The second-order valence-electron chi connectivity index (χ2n) is 5.69. The number of anilines is 1. The maximum atomic E-state index is 14.2. The van der Waals surface area contributed by atoms with Crippen LogP contribution in [-0.4, -0.2) is 13.1 Å². The molecular weight excluding hydrogens is 239 g/mol. The summed E-state index contributed by atoms with van der Waals surface area (Å²) in [5.41, 5.74) is 7.39. The van der Waals surface area contributed by atoms with Gasteiger partial charge in [-0.1, -0.05) is 19.4 Å². The van der Waals surface area contributed by atoms with Crippen molar-refractivity contribution in [2.45, 2.75) is 45.6 Å². The zero-order valence-corrected chi connectivity index (χ0v) is 12.0. The van der Waals surface area contributed by atoms with Crippen molar-refractivity contribution in [3.8, 4) is 0 Å². The molecule has 1 aromatic carbocycles. The highest BCUT2D eigenvalue weighted by Gasteiger charge is 2.18. The van der Waals surface area contributed by atoms with Crippen LogP contribution < -0.4 is 10.6 Å². The summed E-state index contributed by atoms with van der Waals surface area (Å²) in [7, 11) is 0. The highest BCUT2D eigenvalue weighted by atomic mass is 19.1.